The highest BCUT2D eigenvalue weighted by atomic mass is 16.3. The van der Waals surface area contributed by atoms with E-state index >= 15 is 0 Å². The Kier molecular flexibility index (Phi) is 3.23. The molecule has 0 aliphatic heterocycles. The van der Waals surface area contributed by atoms with Gasteiger partial charge >= 0.3 is 0 Å². The molecule has 0 heterocycles. The Labute approximate surface area is 139 Å². The Morgan fingerprint density at radius 3 is 2.43 bits per heavy atom. The standard InChI is InChI=1S/C20H32O3/c1-11-12-9-13(21)16-19(4)7-6-15(22)18(2,3)14(19)5-8-20(16,10-12)17(11)23/h12-17,21-23H,1,5-10H2,2-4H3/t12-,13+,14?,15+,16?,17+,19-,20-/m1/s1. The summed E-state index contributed by atoms with van der Waals surface area (Å²) in [6.45, 7) is 10.9. The van der Waals surface area contributed by atoms with Gasteiger partial charge in [0.15, 0.2) is 0 Å². The van der Waals surface area contributed by atoms with E-state index in [1.54, 1.807) is 0 Å². The zero-order chi connectivity index (χ0) is 16.8. The summed E-state index contributed by atoms with van der Waals surface area (Å²) in [6, 6.07) is 0. The van der Waals surface area contributed by atoms with Crippen LogP contribution in [-0.2, 0) is 0 Å². The van der Waals surface area contributed by atoms with Crippen LogP contribution in [0.3, 0.4) is 0 Å². The van der Waals surface area contributed by atoms with Gasteiger partial charge < -0.3 is 15.3 Å². The largest absolute Gasteiger partial charge is 0.393 e. The molecular formula is C20H32O3. The second-order valence-corrected chi connectivity index (χ2v) is 9.87. The Balaban J connectivity index is 1.81. The first-order valence-corrected chi connectivity index (χ1v) is 9.37. The van der Waals surface area contributed by atoms with E-state index in [1.165, 1.54) is 0 Å². The van der Waals surface area contributed by atoms with Crippen LogP contribution in [0.5, 0.6) is 0 Å². The number of fused-ring (bicyclic) bond motifs is 3. The van der Waals surface area contributed by atoms with Crippen LogP contribution in [0.4, 0.5) is 0 Å². The molecule has 130 valence electrons. The Bertz CT molecular complexity index is 541. The predicted molar refractivity (Wildman–Crippen MR) is 89.7 cm³/mol. The maximum Gasteiger partial charge on any atom is 0.0810 e. The van der Waals surface area contributed by atoms with Crippen molar-refractivity contribution < 1.29 is 15.3 Å². The van der Waals surface area contributed by atoms with Crippen LogP contribution in [-0.4, -0.2) is 33.6 Å². The van der Waals surface area contributed by atoms with E-state index in [0.29, 0.717) is 11.8 Å². The topological polar surface area (TPSA) is 60.7 Å². The minimum atomic E-state index is -0.456. The van der Waals surface area contributed by atoms with Crippen molar-refractivity contribution in [2.45, 2.75) is 77.6 Å². The molecule has 0 saturated heterocycles. The summed E-state index contributed by atoms with van der Waals surface area (Å²) in [4.78, 5) is 0. The normalized spacial score (nSPS) is 57.7. The lowest BCUT2D eigenvalue weighted by atomic mass is 9.40. The van der Waals surface area contributed by atoms with Crippen molar-refractivity contribution in [2.24, 2.45) is 34.0 Å². The highest BCUT2D eigenvalue weighted by Crippen LogP contribution is 2.71. The van der Waals surface area contributed by atoms with E-state index in [1.807, 2.05) is 0 Å². The van der Waals surface area contributed by atoms with E-state index in [-0.39, 0.29) is 34.4 Å². The molecule has 0 aromatic carbocycles. The van der Waals surface area contributed by atoms with Crippen LogP contribution in [0.2, 0.25) is 0 Å². The first-order valence-electron chi connectivity index (χ1n) is 9.37. The van der Waals surface area contributed by atoms with E-state index in [4.69, 9.17) is 0 Å². The van der Waals surface area contributed by atoms with E-state index in [0.717, 1.165) is 44.1 Å². The third-order valence-electron chi connectivity index (χ3n) is 8.70. The van der Waals surface area contributed by atoms with Gasteiger partial charge in [0.1, 0.15) is 0 Å². The third kappa shape index (κ3) is 1.77. The number of rotatable bonds is 0. The van der Waals surface area contributed by atoms with E-state index in [9.17, 15) is 15.3 Å². The predicted octanol–water partition coefficient (Wildman–Crippen LogP) is 2.89. The SMILES string of the molecule is C=C1[C@@H]2C[C@H](O)C3[C@]4(C)CC[C@H](O)C(C)(C)C4CC[C@]3(C2)[C@H]1O. The molecule has 0 radical (unpaired) electrons. The fourth-order valence-corrected chi connectivity index (χ4v) is 7.69. The van der Waals surface area contributed by atoms with Gasteiger partial charge in [0.05, 0.1) is 18.3 Å². The maximum absolute atomic E-state index is 11.0. The van der Waals surface area contributed by atoms with Crippen LogP contribution >= 0.6 is 0 Å². The number of hydrogen-bond acceptors (Lipinski definition) is 3. The fraction of sp³-hybridized carbons (Fsp3) is 0.900. The third-order valence-corrected chi connectivity index (χ3v) is 8.70. The van der Waals surface area contributed by atoms with E-state index in [2.05, 4.69) is 27.4 Å². The van der Waals surface area contributed by atoms with Gasteiger partial charge in [-0.25, -0.2) is 0 Å². The van der Waals surface area contributed by atoms with Crippen molar-refractivity contribution in [3.63, 3.8) is 0 Å². The summed E-state index contributed by atoms with van der Waals surface area (Å²) in [5, 5.41) is 32.6. The monoisotopic (exact) mass is 320 g/mol. The summed E-state index contributed by atoms with van der Waals surface area (Å²) >= 11 is 0. The van der Waals surface area contributed by atoms with Crippen LogP contribution < -0.4 is 0 Å². The second kappa shape index (κ2) is 4.62. The average molecular weight is 320 g/mol. The molecule has 0 amide bonds. The highest BCUT2D eigenvalue weighted by Gasteiger charge is 2.69. The van der Waals surface area contributed by atoms with Crippen LogP contribution in [0.25, 0.3) is 0 Å². The molecule has 3 N–H and O–H groups in total. The lowest BCUT2D eigenvalue weighted by Gasteiger charge is -2.66. The molecule has 3 nitrogen and oxygen atoms in total. The van der Waals surface area contributed by atoms with Gasteiger partial charge in [-0.05, 0) is 72.7 Å². The molecule has 2 unspecified atom stereocenters. The lowest BCUT2D eigenvalue weighted by Crippen LogP contribution is -2.64. The van der Waals surface area contributed by atoms with Gasteiger partial charge in [-0.2, -0.15) is 0 Å². The van der Waals surface area contributed by atoms with Crippen LogP contribution in [0.1, 0.15) is 59.3 Å². The van der Waals surface area contributed by atoms with Crippen molar-refractivity contribution in [1.29, 1.82) is 0 Å². The van der Waals surface area contributed by atoms with Crippen molar-refractivity contribution in [3.05, 3.63) is 12.2 Å². The molecule has 2 bridgehead atoms. The zero-order valence-electron chi connectivity index (χ0n) is 14.8. The lowest BCUT2D eigenvalue weighted by molar-refractivity contribution is -0.222. The van der Waals surface area contributed by atoms with Crippen LogP contribution in [0.15, 0.2) is 12.2 Å². The summed E-state index contributed by atoms with van der Waals surface area (Å²) in [5.74, 6) is 0.825. The minimum Gasteiger partial charge on any atom is -0.393 e. The molecule has 0 aromatic heterocycles. The summed E-state index contributed by atoms with van der Waals surface area (Å²) in [6.07, 6.45) is 4.46. The Morgan fingerprint density at radius 2 is 1.74 bits per heavy atom. The first-order chi connectivity index (χ1) is 10.6. The fourth-order valence-electron chi connectivity index (χ4n) is 7.69. The first kappa shape index (κ1) is 16.1. The molecule has 0 aromatic rings. The molecule has 1 spiro atoms. The van der Waals surface area contributed by atoms with Gasteiger partial charge in [-0.1, -0.05) is 27.4 Å². The van der Waals surface area contributed by atoms with E-state index < -0.39 is 6.10 Å². The van der Waals surface area contributed by atoms with Crippen LogP contribution in [0, 0.1) is 34.0 Å². The van der Waals surface area contributed by atoms with Gasteiger partial charge in [0.25, 0.3) is 0 Å². The number of hydrogen-bond donors (Lipinski definition) is 3. The summed E-state index contributed by atoms with van der Waals surface area (Å²) < 4.78 is 0. The zero-order valence-corrected chi connectivity index (χ0v) is 14.8. The molecule has 4 saturated carbocycles. The number of aliphatic hydroxyl groups is 3. The molecule has 3 heteroatoms. The Hall–Kier alpha value is -0.380. The molecule has 8 atom stereocenters. The summed E-state index contributed by atoms with van der Waals surface area (Å²) in [5.41, 5.74) is 0.662. The Morgan fingerprint density at radius 1 is 1.04 bits per heavy atom. The van der Waals surface area contributed by atoms with Crippen molar-refractivity contribution in [3.8, 4) is 0 Å². The van der Waals surface area contributed by atoms with Gasteiger partial charge in [0.2, 0.25) is 0 Å². The molecule has 4 fully saturated rings. The van der Waals surface area contributed by atoms with Gasteiger partial charge in [-0.15, -0.1) is 0 Å². The molecule has 4 aliphatic carbocycles. The quantitative estimate of drug-likeness (QED) is 0.602. The van der Waals surface area contributed by atoms with Gasteiger partial charge in [-0.3, -0.25) is 0 Å². The molecule has 23 heavy (non-hydrogen) atoms. The average Bonchev–Trinajstić information content (AvgIpc) is 2.65. The smallest absolute Gasteiger partial charge is 0.0810 e. The highest BCUT2D eigenvalue weighted by molar-refractivity contribution is 5.28. The van der Waals surface area contributed by atoms with Crippen molar-refractivity contribution in [1.82, 2.24) is 0 Å². The molecular weight excluding hydrogens is 288 g/mol. The van der Waals surface area contributed by atoms with Crippen molar-refractivity contribution in [2.75, 3.05) is 0 Å². The van der Waals surface area contributed by atoms with Gasteiger partial charge in [0, 0.05) is 5.41 Å². The maximum atomic E-state index is 11.0. The second-order valence-electron chi connectivity index (χ2n) is 9.87. The molecule has 4 aliphatic rings. The summed E-state index contributed by atoms with van der Waals surface area (Å²) in [7, 11) is 0. The molecule has 4 rings (SSSR count). The number of aliphatic hydroxyl groups excluding tert-OH is 3. The minimum absolute atomic E-state index is 0.00301. The van der Waals surface area contributed by atoms with Crippen molar-refractivity contribution >= 4 is 0 Å².